The molecule has 1 saturated carbocycles. The zero-order valence-electron chi connectivity index (χ0n) is 10.9. The Morgan fingerprint density at radius 1 is 1.33 bits per heavy atom. The minimum absolute atomic E-state index is 0.547. The molecule has 0 bridgehead atoms. The lowest BCUT2D eigenvalue weighted by atomic mass is 9.83. The van der Waals surface area contributed by atoms with Crippen molar-refractivity contribution in [3.05, 3.63) is 33.3 Å². The predicted octanol–water partition coefficient (Wildman–Crippen LogP) is 5.16. The molecule has 1 aromatic carbocycles. The average molecular weight is 331 g/mol. The first kappa shape index (κ1) is 14.4. The molecule has 1 nitrogen and oxygen atoms in total. The third-order valence-corrected chi connectivity index (χ3v) is 5.25. The van der Waals surface area contributed by atoms with Crippen LogP contribution in [0.1, 0.15) is 44.6 Å². The summed E-state index contributed by atoms with van der Waals surface area (Å²) in [5, 5.41) is 4.42. The van der Waals surface area contributed by atoms with E-state index in [9.17, 15) is 0 Å². The van der Waals surface area contributed by atoms with Crippen molar-refractivity contribution in [3.63, 3.8) is 0 Å². The normalized spacial score (nSPS) is 18.2. The first-order valence-corrected chi connectivity index (χ1v) is 7.97. The Labute approximate surface area is 123 Å². The smallest absolute Gasteiger partial charge is 0.0410 e. The van der Waals surface area contributed by atoms with Gasteiger partial charge in [0, 0.05) is 22.6 Å². The molecular weight excluding hydrogens is 310 g/mol. The van der Waals surface area contributed by atoms with Gasteiger partial charge in [0.05, 0.1) is 0 Å². The van der Waals surface area contributed by atoms with E-state index in [1.165, 1.54) is 37.7 Å². The van der Waals surface area contributed by atoms with Crippen LogP contribution in [0.15, 0.2) is 22.7 Å². The van der Waals surface area contributed by atoms with E-state index < -0.39 is 0 Å². The maximum Gasteiger partial charge on any atom is 0.0410 e. The molecule has 0 spiro atoms. The first-order chi connectivity index (χ1) is 8.65. The van der Waals surface area contributed by atoms with Gasteiger partial charge in [0.15, 0.2) is 0 Å². The van der Waals surface area contributed by atoms with Gasteiger partial charge in [-0.1, -0.05) is 47.3 Å². The SMILES string of the molecule is CCC1(CNCc2cc(Cl)ccc2Br)CCCC1. The Balaban J connectivity index is 1.89. The summed E-state index contributed by atoms with van der Waals surface area (Å²) in [6.45, 7) is 4.34. The summed E-state index contributed by atoms with van der Waals surface area (Å²) >= 11 is 9.60. The Kier molecular flexibility index (Phi) is 5.11. The van der Waals surface area contributed by atoms with E-state index >= 15 is 0 Å². The minimum atomic E-state index is 0.547. The second-order valence-electron chi connectivity index (χ2n) is 5.40. The van der Waals surface area contributed by atoms with E-state index in [1.54, 1.807) is 0 Å². The van der Waals surface area contributed by atoms with E-state index in [0.717, 1.165) is 22.6 Å². The van der Waals surface area contributed by atoms with E-state index in [-0.39, 0.29) is 0 Å². The van der Waals surface area contributed by atoms with Crippen LogP contribution in [0.25, 0.3) is 0 Å². The Morgan fingerprint density at radius 2 is 2.06 bits per heavy atom. The molecule has 0 heterocycles. The number of hydrogen-bond donors (Lipinski definition) is 1. The molecule has 0 unspecified atom stereocenters. The monoisotopic (exact) mass is 329 g/mol. The summed E-state index contributed by atoms with van der Waals surface area (Å²) in [6.07, 6.45) is 6.85. The maximum absolute atomic E-state index is 6.03. The molecule has 0 aromatic heterocycles. The fraction of sp³-hybridized carbons (Fsp3) is 0.600. The lowest BCUT2D eigenvalue weighted by molar-refractivity contribution is 0.268. The standard InChI is InChI=1S/C15H21BrClN/c1-2-15(7-3-4-8-15)11-18-10-12-9-13(17)5-6-14(12)16/h5-6,9,18H,2-4,7-8,10-11H2,1H3. The number of rotatable bonds is 5. The van der Waals surface area contributed by atoms with Gasteiger partial charge in [-0.3, -0.25) is 0 Å². The summed E-state index contributed by atoms with van der Waals surface area (Å²) in [6, 6.07) is 5.97. The van der Waals surface area contributed by atoms with Crippen LogP contribution in [0.2, 0.25) is 5.02 Å². The Hall–Kier alpha value is -0.0500. The van der Waals surface area contributed by atoms with Crippen LogP contribution in [0.5, 0.6) is 0 Å². The van der Waals surface area contributed by atoms with Crippen LogP contribution in [-0.4, -0.2) is 6.54 Å². The van der Waals surface area contributed by atoms with Gasteiger partial charge >= 0.3 is 0 Å². The molecule has 1 N–H and O–H groups in total. The highest BCUT2D eigenvalue weighted by Gasteiger charge is 2.31. The Bertz CT molecular complexity index is 399. The molecule has 1 aromatic rings. The highest BCUT2D eigenvalue weighted by atomic mass is 79.9. The van der Waals surface area contributed by atoms with Crippen LogP contribution < -0.4 is 5.32 Å². The second-order valence-corrected chi connectivity index (χ2v) is 6.69. The number of hydrogen-bond acceptors (Lipinski definition) is 1. The molecule has 0 saturated heterocycles. The second kappa shape index (κ2) is 6.40. The number of halogens is 2. The Morgan fingerprint density at radius 3 is 2.72 bits per heavy atom. The molecule has 1 fully saturated rings. The molecule has 100 valence electrons. The van der Waals surface area contributed by atoms with Crippen LogP contribution in [0.3, 0.4) is 0 Å². The molecule has 0 radical (unpaired) electrons. The molecule has 18 heavy (non-hydrogen) atoms. The van der Waals surface area contributed by atoms with Crippen LogP contribution >= 0.6 is 27.5 Å². The zero-order valence-corrected chi connectivity index (χ0v) is 13.3. The largest absolute Gasteiger partial charge is 0.312 e. The summed E-state index contributed by atoms with van der Waals surface area (Å²) in [4.78, 5) is 0. The number of nitrogens with one attached hydrogen (secondary N) is 1. The van der Waals surface area contributed by atoms with Gasteiger partial charge in [0.2, 0.25) is 0 Å². The highest BCUT2D eigenvalue weighted by molar-refractivity contribution is 9.10. The highest BCUT2D eigenvalue weighted by Crippen LogP contribution is 2.40. The van der Waals surface area contributed by atoms with Crippen molar-refractivity contribution >= 4 is 27.5 Å². The summed E-state index contributed by atoms with van der Waals surface area (Å²) < 4.78 is 1.14. The van der Waals surface area contributed by atoms with Gasteiger partial charge < -0.3 is 5.32 Å². The van der Waals surface area contributed by atoms with E-state index in [4.69, 9.17) is 11.6 Å². The average Bonchev–Trinajstić information content (AvgIpc) is 2.83. The summed E-state index contributed by atoms with van der Waals surface area (Å²) in [5.74, 6) is 0. The molecule has 2 rings (SSSR count). The van der Waals surface area contributed by atoms with Gasteiger partial charge in [0.1, 0.15) is 0 Å². The molecule has 0 aliphatic heterocycles. The van der Waals surface area contributed by atoms with Crippen LogP contribution in [0.4, 0.5) is 0 Å². The maximum atomic E-state index is 6.03. The van der Waals surface area contributed by atoms with Crippen molar-refractivity contribution in [2.24, 2.45) is 5.41 Å². The predicted molar refractivity (Wildman–Crippen MR) is 82.1 cm³/mol. The fourth-order valence-electron chi connectivity index (χ4n) is 2.92. The first-order valence-electron chi connectivity index (χ1n) is 6.80. The van der Waals surface area contributed by atoms with Crippen LogP contribution in [0, 0.1) is 5.41 Å². The lowest BCUT2D eigenvalue weighted by Gasteiger charge is -2.28. The van der Waals surface area contributed by atoms with Crippen molar-refractivity contribution < 1.29 is 0 Å². The van der Waals surface area contributed by atoms with Crippen molar-refractivity contribution in [1.29, 1.82) is 0 Å². The molecule has 1 aliphatic carbocycles. The topological polar surface area (TPSA) is 12.0 Å². The van der Waals surface area contributed by atoms with Gasteiger partial charge in [0.25, 0.3) is 0 Å². The zero-order chi connectivity index (χ0) is 13.0. The van der Waals surface area contributed by atoms with E-state index in [0.29, 0.717) is 5.41 Å². The van der Waals surface area contributed by atoms with Crippen LogP contribution in [-0.2, 0) is 6.54 Å². The molecule has 0 amide bonds. The third kappa shape index (κ3) is 3.49. The summed E-state index contributed by atoms with van der Waals surface area (Å²) in [5.41, 5.74) is 1.79. The molecular formula is C15H21BrClN. The van der Waals surface area contributed by atoms with Crippen molar-refractivity contribution in [2.75, 3.05) is 6.54 Å². The van der Waals surface area contributed by atoms with E-state index in [1.807, 2.05) is 18.2 Å². The quantitative estimate of drug-likeness (QED) is 0.786. The van der Waals surface area contributed by atoms with Crippen molar-refractivity contribution in [3.8, 4) is 0 Å². The van der Waals surface area contributed by atoms with Gasteiger partial charge in [-0.15, -0.1) is 0 Å². The third-order valence-electron chi connectivity index (χ3n) is 4.24. The molecule has 1 aliphatic rings. The van der Waals surface area contributed by atoms with Gasteiger partial charge in [-0.25, -0.2) is 0 Å². The molecule has 3 heteroatoms. The van der Waals surface area contributed by atoms with Gasteiger partial charge in [-0.05, 0) is 48.4 Å². The minimum Gasteiger partial charge on any atom is -0.312 e. The number of benzene rings is 1. The molecule has 0 atom stereocenters. The van der Waals surface area contributed by atoms with E-state index in [2.05, 4.69) is 28.2 Å². The summed E-state index contributed by atoms with van der Waals surface area (Å²) in [7, 11) is 0. The van der Waals surface area contributed by atoms with Gasteiger partial charge in [-0.2, -0.15) is 0 Å². The fourth-order valence-corrected chi connectivity index (χ4v) is 3.50. The van der Waals surface area contributed by atoms with Crippen molar-refractivity contribution in [1.82, 2.24) is 5.32 Å². The van der Waals surface area contributed by atoms with Crippen molar-refractivity contribution in [2.45, 2.75) is 45.6 Å². The lowest BCUT2D eigenvalue weighted by Crippen LogP contribution is -2.31.